The predicted molar refractivity (Wildman–Crippen MR) is 96.5 cm³/mol. The molecule has 1 rings (SSSR count). The summed E-state index contributed by atoms with van der Waals surface area (Å²) in [6.07, 6.45) is 18.4. The number of hydrogen-bond donors (Lipinski definition) is 1. The predicted octanol–water partition coefficient (Wildman–Crippen LogP) is 5.37. The summed E-state index contributed by atoms with van der Waals surface area (Å²) in [6.45, 7) is 6.26. The smallest absolute Gasteiger partial charge is 0.164 e. The number of ether oxygens (including phenoxy) is 2. The first-order valence-electron chi connectivity index (χ1n) is 9.72. The molecular weight excluding hydrogens is 288 g/mol. The zero-order valence-electron chi connectivity index (χ0n) is 15.6. The molecule has 0 aromatic carbocycles. The molecule has 1 aliphatic rings. The molecule has 0 spiro atoms. The summed E-state index contributed by atoms with van der Waals surface area (Å²) in [6, 6.07) is 0. The molecule has 1 aliphatic heterocycles. The number of hydrogen-bond acceptors (Lipinski definition) is 3. The standard InChI is InChI=1S/C20H38O3/c1-4-5-6-7-8-9-10-11-12-13-15-18-19(16-14-17-21)23-20(2,3)22-18/h14,16,18-19,21H,4-13,15,17H2,1-3H3/b16-14+/t18-,19-/m0/s1. The minimum absolute atomic E-state index is 0.0179. The summed E-state index contributed by atoms with van der Waals surface area (Å²) in [5, 5.41) is 8.92. The van der Waals surface area contributed by atoms with Gasteiger partial charge in [-0.05, 0) is 20.3 Å². The Hall–Kier alpha value is -0.380. The summed E-state index contributed by atoms with van der Waals surface area (Å²) in [7, 11) is 0. The Balaban J connectivity index is 2.06. The number of aliphatic hydroxyl groups excluding tert-OH is 1. The minimum Gasteiger partial charge on any atom is -0.392 e. The van der Waals surface area contributed by atoms with Gasteiger partial charge < -0.3 is 14.6 Å². The summed E-state index contributed by atoms with van der Waals surface area (Å²) >= 11 is 0. The quantitative estimate of drug-likeness (QED) is 0.365. The van der Waals surface area contributed by atoms with Gasteiger partial charge in [-0.3, -0.25) is 0 Å². The third kappa shape index (κ3) is 9.49. The van der Waals surface area contributed by atoms with Gasteiger partial charge in [0.25, 0.3) is 0 Å². The lowest BCUT2D eigenvalue weighted by molar-refractivity contribution is -0.143. The maximum absolute atomic E-state index is 8.92. The second-order valence-corrected chi connectivity index (χ2v) is 7.22. The van der Waals surface area contributed by atoms with Crippen LogP contribution in [-0.4, -0.2) is 29.7 Å². The molecule has 1 heterocycles. The largest absolute Gasteiger partial charge is 0.392 e. The number of unbranched alkanes of at least 4 members (excludes halogenated alkanes) is 9. The Kier molecular flexibility index (Phi) is 10.8. The first-order valence-corrected chi connectivity index (χ1v) is 9.72. The van der Waals surface area contributed by atoms with Gasteiger partial charge in [-0.2, -0.15) is 0 Å². The van der Waals surface area contributed by atoms with Crippen LogP contribution in [0.4, 0.5) is 0 Å². The van der Waals surface area contributed by atoms with Gasteiger partial charge in [0.15, 0.2) is 5.79 Å². The molecule has 1 N–H and O–H groups in total. The van der Waals surface area contributed by atoms with Crippen LogP contribution in [0.15, 0.2) is 12.2 Å². The molecule has 0 saturated carbocycles. The van der Waals surface area contributed by atoms with Crippen molar-refractivity contribution in [2.75, 3.05) is 6.61 Å². The molecule has 136 valence electrons. The second kappa shape index (κ2) is 12.0. The average molecular weight is 327 g/mol. The summed E-state index contributed by atoms with van der Waals surface area (Å²) < 4.78 is 11.9. The third-order valence-electron chi connectivity index (χ3n) is 4.49. The molecule has 0 aromatic rings. The van der Waals surface area contributed by atoms with Crippen molar-refractivity contribution in [2.24, 2.45) is 0 Å². The van der Waals surface area contributed by atoms with Crippen LogP contribution < -0.4 is 0 Å². The first kappa shape index (κ1) is 20.7. The molecule has 1 fully saturated rings. The summed E-state index contributed by atoms with van der Waals surface area (Å²) in [5.41, 5.74) is 0. The van der Waals surface area contributed by atoms with Crippen molar-refractivity contribution in [1.82, 2.24) is 0 Å². The van der Waals surface area contributed by atoms with E-state index < -0.39 is 5.79 Å². The third-order valence-corrected chi connectivity index (χ3v) is 4.49. The van der Waals surface area contributed by atoms with Crippen LogP contribution in [0.1, 0.15) is 91.4 Å². The lowest BCUT2D eigenvalue weighted by Gasteiger charge is -2.16. The van der Waals surface area contributed by atoms with Crippen molar-refractivity contribution in [3.63, 3.8) is 0 Å². The van der Waals surface area contributed by atoms with Crippen LogP contribution in [0.2, 0.25) is 0 Å². The Morgan fingerprint density at radius 2 is 1.43 bits per heavy atom. The summed E-state index contributed by atoms with van der Waals surface area (Å²) in [4.78, 5) is 0. The van der Waals surface area contributed by atoms with Crippen LogP contribution in [0.25, 0.3) is 0 Å². The van der Waals surface area contributed by atoms with Crippen LogP contribution in [0, 0.1) is 0 Å². The van der Waals surface area contributed by atoms with E-state index in [9.17, 15) is 0 Å². The van der Waals surface area contributed by atoms with E-state index in [1.807, 2.05) is 19.9 Å². The first-order chi connectivity index (χ1) is 11.1. The van der Waals surface area contributed by atoms with E-state index in [0.29, 0.717) is 0 Å². The number of aliphatic hydroxyl groups is 1. The van der Waals surface area contributed by atoms with Crippen molar-refractivity contribution < 1.29 is 14.6 Å². The van der Waals surface area contributed by atoms with Gasteiger partial charge in [-0.15, -0.1) is 0 Å². The van der Waals surface area contributed by atoms with Gasteiger partial charge in [0.1, 0.15) is 6.10 Å². The molecule has 2 atom stereocenters. The molecule has 0 amide bonds. The molecule has 3 heteroatoms. The molecule has 0 aromatic heterocycles. The van der Waals surface area contributed by atoms with Gasteiger partial charge in [-0.1, -0.05) is 83.3 Å². The highest BCUT2D eigenvalue weighted by atomic mass is 16.7. The highest BCUT2D eigenvalue weighted by molar-refractivity contribution is 4.97. The Bertz CT molecular complexity index is 312. The van der Waals surface area contributed by atoms with Crippen LogP contribution in [-0.2, 0) is 9.47 Å². The Morgan fingerprint density at radius 1 is 0.870 bits per heavy atom. The fraction of sp³-hybridized carbons (Fsp3) is 0.900. The SMILES string of the molecule is CCCCCCCCCCCC[C@@H]1OC(C)(C)O[C@H]1/C=C/CO. The lowest BCUT2D eigenvalue weighted by Crippen LogP contribution is -2.21. The van der Waals surface area contributed by atoms with E-state index in [1.54, 1.807) is 6.08 Å². The molecule has 23 heavy (non-hydrogen) atoms. The van der Waals surface area contributed by atoms with Crippen molar-refractivity contribution in [1.29, 1.82) is 0 Å². The molecule has 1 saturated heterocycles. The molecule has 3 nitrogen and oxygen atoms in total. The summed E-state index contributed by atoms with van der Waals surface area (Å²) in [5.74, 6) is -0.506. The fourth-order valence-electron chi connectivity index (χ4n) is 3.28. The normalized spacial score (nSPS) is 23.8. The van der Waals surface area contributed by atoms with E-state index in [1.165, 1.54) is 64.2 Å². The van der Waals surface area contributed by atoms with Gasteiger partial charge in [0, 0.05) is 0 Å². The second-order valence-electron chi connectivity index (χ2n) is 7.22. The van der Waals surface area contributed by atoms with E-state index in [0.717, 1.165) is 6.42 Å². The lowest BCUT2D eigenvalue weighted by atomic mass is 10.0. The van der Waals surface area contributed by atoms with Crippen molar-refractivity contribution in [3.05, 3.63) is 12.2 Å². The van der Waals surface area contributed by atoms with Crippen molar-refractivity contribution >= 4 is 0 Å². The highest BCUT2D eigenvalue weighted by Gasteiger charge is 2.39. The molecule has 0 bridgehead atoms. The zero-order chi connectivity index (χ0) is 17.0. The van der Waals surface area contributed by atoms with Crippen molar-refractivity contribution in [3.8, 4) is 0 Å². The number of rotatable bonds is 13. The average Bonchev–Trinajstić information content (AvgIpc) is 2.81. The maximum Gasteiger partial charge on any atom is 0.164 e. The van der Waals surface area contributed by atoms with Gasteiger partial charge in [-0.25, -0.2) is 0 Å². The van der Waals surface area contributed by atoms with Gasteiger partial charge in [0.2, 0.25) is 0 Å². The zero-order valence-corrected chi connectivity index (χ0v) is 15.6. The minimum atomic E-state index is -0.506. The topological polar surface area (TPSA) is 38.7 Å². The van der Waals surface area contributed by atoms with Crippen LogP contribution >= 0.6 is 0 Å². The monoisotopic (exact) mass is 326 g/mol. The molecule has 0 radical (unpaired) electrons. The van der Waals surface area contributed by atoms with E-state index in [-0.39, 0.29) is 18.8 Å². The van der Waals surface area contributed by atoms with Crippen LogP contribution in [0.3, 0.4) is 0 Å². The van der Waals surface area contributed by atoms with Gasteiger partial charge in [0.05, 0.1) is 12.7 Å². The van der Waals surface area contributed by atoms with Crippen LogP contribution in [0.5, 0.6) is 0 Å². The Labute approximate surface area is 143 Å². The molecule has 0 aliphatic carbocycles. The fourth-order valence-corrected chi connectivity index (χ4v) is 3.28. The van der Waals surface area contributed by atoms with Gasteiger partial charge >= 0.3 is 0 Å². The van der Waals surface area contributed by atoms with E-state index in [4.69, 9.17) is 14.6 Å². The van der Waals surface area contributed by atoms with E-state index >= 15 is 0 Å². The maximum atomic E-state index is 8.92. The van der Waals surface area contributed by atoms with Crippen molar-refractivity contribution in [2.45, 2.75) is 109 Å². The molecular formula is C20H38O3. The molecule has 0 unspecified atom stereocenters. The van der Waals surface area contributed by atoms with E-state index in [2.05, 4.69) is 6.92 Å². The Morgan fingerprint density at radius 3 is 2.00 bits per heavy atom. The highest BCUT2D eigenvalue weighted by Crippen LogP contribution is 2.31.